The minimum atomic E-state index is 1.02. The monoisotopic (exact) mass is 214 g/mol. The molecule has 0 fully saturated rings. The van der Waals surface area contributed by atoms with E-state index in [0.717, 1.165) is 19.5 Å². The first kappa shape index (κ1) is 9.91. The molecule has 2 aromatic rings. The van der Waals surface area contributed by atoms with E-state index in [1.165, 1.54) is 33.3 Å². The summed E-state index contributed by atoms with van der Waals surface area (Å²) >= 11 is 0. The van der Waals surface area contributed by atoms with Crippen LogP contribution in [0.25, 0.3) is 10.9 Å². The van der Waals surface area contributed by atoms with Gasteiger partial charge in [0.15, 0.2) is 0 Å². The molecule has 1 aliphatic rings. The fraction of sp³-hybridized carbons (Fsp3) is 0.429. The summed E-state index contributed by atoms with van der Waals surface area (Å²) in [5, 5.41) is 4.90. The van der Waals surface area contributed by atoms with Crippen molar-refractivity contribution in [3.8, 4) is 0 Å². The maximum absolute atomic E-state index is 3.47. The third-order valence-corrected chi connectivity index (χ3v) is 3.96. The summed E-state index contributed by atoms with van der Waals surface area (Å²) in [7, 11) is 2.21. The van der Waals surface area contributed by atoms with Gasteiger partial charge in [-0.2, -0.15) is 0 Å². The fourth-order valence-corrected chi connectivity index (χ4v) is 2.91. The number of nitrogens with zero attached hydrogens (tertiary/aromatic N) is 1. The number of rotatable bonds is 0. The average Bonchev–Trinajstić information content (AvgIpc) is 2.59. The predicted octanol–water partition coefficient (Wildman–Crippen LogP) is 2.44. The van der Waals surface area contributed by atoms with Crippen molar-refractivity contribution in [2.45, 2.75) is 26.8 Å². The van der Waals surface area contributed by atoms with E-state index in [2.05, 4.69) is 42.9 Å². The molecule has 1 aromatic heterocycles. The lowest BCUT2D eigenvalue weighted by atomic mass is 10.0. The third kappa shape index (κ3) is 1.17. The normalized spacial score (nSPS) is 15.4. The van der Waals surface area contributed by atoms with Crippen LogP contribution in [0.5, 0.6) is 0 Å². The Morgan fingerprint density at radius 3 is 2.88 bits per heavy atom. The third-order valence-electron chi connectivity index (χ3n) is 3.96. The molecule has 1 aromatic carbocycles. The van der Waals surface area contributed by atoms with E-state index in [0.29, 0.717) is 0 Å². The van der Waals surface area contributed by atoms with Crippen LogP contribution in [0, 0.1) is 13.8 Å². The molecule has 0 unspecified atom stereocenters. The molecule has 16 heavy (non-hydrogen) atoms. The maximum atomic E-state index is 3.47. The summed E-state index contributed by atoms with van der Waals surface area (Å²) in [6.45, 7) is 6.56. The number of aromatic nitrogens is 1. The molecule has 3 rings (SSSR count). The second-order valence-electron chi connectivity index (χ2n) is 4.81. The van der Waals surface area contributed by atoms with Gasteiger partial charge in [-0.15, -0.1) is 0 Å². The van der Waals surface area contributed by atoms with Gasteiger partial charge in [-0.1, -0.05) is 12.1 Å². The van der Waals surface area contributed by atoms with Crippen molar-refractivity contribution in [3.63, 3.8) is 0 Å². The summed E-state index contributed by atoms with van der Waals surface area (Å²) in [6.07, 6.45) is 1.15. The van der Waals surface area contributed by atoms with Gasteiger partial charge in [0.25, 0.3) is 0 Å². The van der Waals surface area contributed by atoms with Crippen molar-refractivity contribution >= 4 is 10.9 Å². The Labute approximate surface area is 96.3 Å². The zero-order chi connectivity index (χ0) is 11.3. The van der Waals surface area contributed by atoms with Crippen molar-refractivity contribution in [2.24, 2.45) is 7.05 Å². The van der Waals surface area contributed by atoms with Crippen molar-refractivity contribution in [2.75, 3.05) is 6.54 Å². The summed E-state index contributed by atoms with van der Waals surface area (Å²) in [6, 6.07) is 4.52. The van der Waals surface area contributed by atoms with Gasteiger partial charge in [0.05, 0.1) is 5.52 Å². The SMILES string of the molecule is Cc1ccc2c3c(n(C)c2c1C)CCNC3. The number of nitrogens with one attached hydrogen (secondary N) is 1. The Balaban J connectivity index is 2.44. The van der Waals surface area contributed by atoms with Gasteiger partial charge in [0.1, 0.15) is 0 Å². The number of aryl methyl sites for hydroxylation is 3. The molecule has 2 heterocycles. The quantitative estimate of drug-likeness (QED) is 0.712. The van der Waals surface area contributed by atoms with E-state index >= 15 is 0 Å². The van der Waals surface area contributed by atoms with Crippen LogP contribution >= 0.6 is 0 Å². The highest BCUT2D eigenvalue weighted by Gasteiger charge is 2.19. The molecule has 2 heteroatoms. The van der Waals surface area contributed by atoms with Crippen molar-refractivity contribution in [1.82, 2.24) is 9.88 Å². The number of benzene rings is 1. The molecule has 1 N–H and O–H groups in total. The molecule has 0 aliphatic carbocycles. The Morgan fingerprint density at radius 2 is 2.06 bits per heavy atom. The first-order chi connectivity index (χ1) is 7.70. The van der Waals surface area contributed by atoms with Crippen LogP contribution in [0.15, 0.2) is 12.1 Å². The molecule has 0 spiro atoms. The van der Waals surface area contributed by atoms with Crippen molar-refractivity contribution in [1.29, 1.82) is 0 Å². The average molecular weight is 214 g/mol. The minimum absolute atomic E-state index is 1.02. The Morgan fingerprint density at radius 1 is 1.25 bits per heavy atom. The number of fused-ring (bicyclic) bond motifs is 3. The Bertz CT molecular complexity index is 564. The summed E-state index contributed by atoms with van der Waals surface area (Å²) in [5.41, 5.74) is 7.26. The maximum Gasteiger partial charge on any atom is 0.0515 e. The molecule has 0 saturated carbocycles. The van der Waals surface area contributed by atoms with E-state index in [4.69, 9.17) is 0 Å². The summed E-state index contributed by atoms with van der Waals surface area (Å²) < 4.78 is 2.40. The Kier molecular flexibility index (Phi) is 2.08. The standard InChI is InChI=1S/C14H18N2/c1-9-4-5-11-12-8-15-7-6-13(12)16(3)14(11)10(9)2/h4-5,15H,6-8H2,1-3H3. The van der Waals surface area contributed by atoms with Crippen molar-refractivity contribution in [3.05, 3.63) is 34.5 Å². The molecule has 0 amide bonds. The molecular formula is C14H18N2. The van der Waals surface area contributed by atoms with Gasteiger partial charge in [0.2, 0.25) is 0 Å². The highest BCUT2D eigenvalue weighted by Crippen LogP contribution is 2.30. The zero-order valence-electron chi connectivity index (χ0n) is 10.2. The predicted molar refractivity (Wildman–Crippen MR) is 67.8 cm³/mol. The highest BCUT2D eigenvalue weighted by atomic mass is 15.0. The van der Waals surface area contributed by atoms with Gasteiger partial charge >= 0.3 is 0 Å². The number of hydrogen-bond acceptors (Lipinski definition) is 1. The van der Waals surface area contributed by atoms with Crippen LogP contribution in [-0.2, 0) is 20.0 Å². The smallest absolute Gasteiger partial charge is 0.0515 e. The topological polar surface area (TPSA) is 17.0 Å². The molecule has 2 nitrogen and oxygen atoms in total. The van der Waals surface area contributed by atoms with Crippen LogP contribution in [-0.4, -0.2) is 11.1 Å². The van der Waals surface area contributed by atoms with Gasteiger partial charge in [-0.25, -0.2) is 0 Å². The molecule has 0 bridgehead atoms. The highest BCUT2D eigenvalue weighted by molar-refractivity contribution is 5.89. The van der Waals surface area contributed by atoms with Crippen LogP contribution in [0.1, 0.15) is 22.4 Å². The lowest BCUT2D eigenvalue weighted by Gasteiger charge is -2.14. The Hall–Kier alpha value is -1.28. The van der Waals surface area contributed by atoms with Gasteiger partial charge < -0.3 is 9.88 Å². The van der Waals surface area contributed by atoms with Gasteiger partial charge in [-0.05, 0) is 30.5 Å². The first-order valence-electron chi connectivity index (χ1n) is 5.97. The molecule has 1 aliphatic heterocycles. The van der Waals surface area contributed by atoms with Gasteiger partial charge in [0, 0.05) is 37.6 Å². The van der Waals surface area contributed by atoms with E-state index in [1.807, 2.05) is 0 Å². The second kappa shape index (κ2) is 3.36. The van der Waals surface area contributed by atoms with E-state index in [9.17, 15) is 0 Å². The minimum Gasteiger partial charge on any atom is -0.347 e. The lowest BCUT2D eigenvalue weighted by Crippen LogP contribution is -2.24. The molecule has 84 valence electrons. The van der Waals surface area contributed by atoms with Crippen LogP contribution < -0.4 is 5.32 Å². The molecule has 0 radical (unpaired) electrons. The van der Waals surface area contributed by atoms with E-state index in [1.54, 1.807) is 0 Å². The first-order valence-corrected chi connectivity index (χ1v) is 5.97. The molecule has 0 saturated heterocycles. The lowest BCUT2D eigenvalue weighted by molar-refractivity contribution is 0.622. The van der Waals surface area contributed by atoms with E-state index in [-0.39, 0.29) is 0 Å². The van der Waals surface area contributed by atoms with Crippen LogP contribution in [0.2, 0.25) is 0 Å². The van der Waals surface area contributed by atoms with Crippen LogP contribution in [0.4, 0.5) is 0 Å². The fourth-order valence-electron chi connectivity index (χ4n) is 2.91. The molecule has 0 atom stereocenters. The number of hydrogen-bond donors (Lipinski definition) is 1. The van der Waals surface area contributed by atoms with Gasteiger partial charge in [-0.3, -0.25) is 0 Å². The molecular weight excluding hydrogens is 196 g/mol. The van der Waals surface area contributed by atoms with Crippen LogP contribution in [0.3, 0.4) is 0 Å². The van der Waals surface area contributed by atoms with Crippen molar-refractivity contribution < 1.29 is 0 Å². The summed E-state index contributed by atoms with van der Waals surface area (Å²) in [5.74, 6) is 0. The zero-order valence-corrected chi connectivity index (χ0v) is 10.2. The second-order valence-corrected chi connectivity index (χ2v) is 4.81. The van der Waals surface area contributed by atoms with E-state index < -0.39 is 0 Å². The largest absolute Gasteiger partial charge is 0.347 e. The summed E-state index contributed by atoms with van der Waals surface area (Å²) in [4.78, 5) is 0.